The summed E-state index contributed by atoms with van der Waals surface area (Å²) in [5, 5.41) is 21.0. The second-order valence-corrected chi connectivity index (χ2v) is 7.77. The smallest absolute Gasteiger partial charge is 0.216 e. The molecule has 0 amide bonds. The number of ether oxygens (including phenoxy) is 1. The van der Waals surface area contributed by atoms with Crippen LogP contribution in [0.5, 0.6) is 5.88 Å². The Morgan fingerprint density at radius 1 is 1.40 bits per heavy atom. The number of pyridine rings is 1. The molecule has 10 nitrogen and oxygen atoms in total. The monoisotopic (exact) mass is 411 g/mol. The van der Waals surface area contributed by atoms with E-state index in [1.54, 1.807) is 13.8 Å². The molecule has 1 saturated heterocycles. The molecule has 4 N–H and O–H groups in total. The van der Waals surface area contributed by atoms with Gasteiger partial charge >= 0.3 is 0 Å². The maximum Gasteiger partial charge on any atom is 0.216 e. The summed E-state index contributed by atoms with van der Waals surface area (Å²) in [5.74, 6) is 6.86. The van der Waals surface area contributed by atoms with E-state index < -0.39 is 5.60 Å². The van der Waals surface area contributed by atoms with Crippen molar-refractivity contribution >= 4 is 16.9 Å². The highest BCUT2D eigenvalue weighted by Crippen LogP contribution is 2.30. The molecule has 1 atom stereocenters. The second kappa shape index (κ2) is 7.93. The lowest BCUT2D eigenvalue weighted by atomic mass is 10.1. The Morgan fingerprint density at radius 2 is 2.23 bits per heavy atom. The largest absolute Gasteiger partial charge is 0.476 e. The van der Waals surface area contributed by atoms with Crippen LogP contribution in [0, 0.1) is 11.8 Å². The number of anilines is 1. The summed E-state index contributed by atoms with van der Waals surface area (Å²) >= 11 is 0. The lowest BCUT2D eigenvalue weighted by Crippen LogP contribution is -2.28. The minimum absolute atomic E-state index is 0.154. The van der Waals surface area contributed by atoms with Crippen molar-refractivity contribution in [3.05, 3.63) is 11.8 Å². The SMILES string of the molecule is CCn1c(-c2nonc2N)nc2c(C#CC(C)(C)O)nc(OC[C@H]3CCCN3)cc21. The topological polar surface area (TPSA) is 137 Å². The molecule has 3 aromatic rings. The fourth-order valence-corrected chi connectivity index (χ4v) is 3.41. The standard InChI is InChI=1S/C20H25N7O3/c1-4-27-14-10-15(29-11-12-6-5-9-22-12)23-13(7-8-20(2,3)28)16(14)24-19(27)17-18(21)26-30-25-17/h10,12,22,28H,4-6,9,11H2,1-3H3,(H2,21,26)/t12-/m1/s1. The Hall–Kier alpha value is -3.16. The van der Waals surface area contributed by atoms with E-state index in [0.717, 1.165) is 24.9 Å². The number of hydrogen-bond acceptors (Lipinski definition) is 9. The lowest BCUT2D eigenvalue weighted by molar-refractivity contribution is 0.143. The van der Waals surface area contributed by atoms with Gasteiger partial charge in [-0.15, -0.1) is 0 Å². The lowest BCUT2D eigenvalue weighted by Gasteiger charge is -2.12. The van der Waals surface area contributed by atoms with E-state index in [9.17, 15) is 5.11 Å². The molecule has 3 aromatic heterocycles. The van der Waals surface area contributed by atoms with Crippen molar-refractivity contribution in [3.8, 4) is 29.2 Å². The maximum absolute atomic E-state index is 10.0. The Balaban J connectivity index is 1.83. The van der Waals surface area contributed by atoms with E-state index in [-0.39, 0.29) is 5.82 Å². The third-order valence-corrected chi connectivity index (χ3v) is 4.84. The van der Waals surface area contributed by atoms with E-state index in [0.29, 0.717) is 47.8 Å². The molecule has 0 spiro atoms. The van der Waals surface area contributed by atoms with Gasteiger partial charge in [0.2, 0.25) is 5.88 Å². The van der Waals surface area contributed by atoms with E-state index >= 15 is 0 Å². The fraction of sp³-hybridized carbons (Fsp3) is 0.500. The summed E-state index contributed by atoms with van der Waals surface area (Å²) < 4.78 is 12.7. The molecule has 4 rings (SSSR count). The van der Waals surface area contributed by atoms with E-state index in [4.69, 9.17) is 15.1 Å². The Labute approximate surface area is 173 Å². The number of imidazole rings is 1. The zero-order valence-electron chi connectivity index (χ0n) is 17.3. The molecule has 10 heteroatoms. The van der Waals surface area contributed by atoms with Gasteiger partial charge in [0.05, 0.1) is 5.52 Å². The second-order valence-electron chi connectivity index (χ2n) is 7.77. The average Bonchev–Trinajstić information content (AvgIpc) is 3.43. The van der Waals surface area contributed by atoms with Crippen LogP contribution in [-0.4, -0.2) is 54.7 Å². The first-order chi connectivity index (χ1) is 14.4. The minimum Gasteiger partial charge on any atom is -0.476 e. The van der Waals surface area contributed by atoms with Gasteiger partial charge in [0.25, 0.3) is 0 Å². The first-order valence-electron chi connectivity index (χ1n) is 9.97. The third-order valence-electron chi connectivity index (χ3n) is 4.84. The Morgan fingerprint density at radius 3 is 2.87 bits per heavy atom. The molecule has 4 heterocycles. The van der Waals surface area contributed by atoms with Crippen molar-refractivity contribution in [2.75, 3.05) is 18.9 Å². The number of hydrogen-bond donors (Lipinski definition) is 3. The van der Waals surface area contributed by atoms with Crippen molar-refractivity contribution in [3.63, 3.8) is 0 Å². The molecule has 0 saturated carbocycles. The summed E-state index contributed by atoms with van der Waals surface area (Å²) in [5.41, 5.74) is 6.83. The molecule has 30 heavy (non-hydrogen) atoms. The summed E-state index contributed by atoms with van der Waals surface area (Å²) in [6, 6.07) is 2.14. The molecule has 1 aliphatic heterocycles. The number of aromatic nitrogens is 5. The van der Waals surface area contributed by atoms with Gasteiger partial charge in [-0.2, -0.15) is 0 Å². The van der Waals surface area contributed by atoms with Gasteiger partial charge in [-0.1, -0.05) is 5.92 Å². The van der Waals surface area contributed by atoms with Crippen LogP contribution >= 0.6 is 0 Å². The number of nitrogen functional groups attached to an aromatic ring is 1. The highest BCUT2D eigenvalue weighted by Gasteiger charge is 2.22. The summed E-state index contributed by atoms with van der Waals surface area (Å²) in [6.45, 7) is 7.33. The van der Waals surface area contributed by atoms with Crippen molar-refractivity contribution < 1.29 is 14.5 Å². The summed E-state index contributed by atoms with van der Waals surface area (Å²) in [6.07, 6.45) is 2.21. The molecule has 0 unspecified atom stereocenters. The zero-order valence-corrected chi connectivity index (χ0v) is 17.3. The van der Waals surface area contributed by atoms with Crippen molar-refractivity contribution in [1.29, 1.82) is 0 Å². The average molecular weight is 411 g/mol. The van der Waals surface area contributed by atoms with E-state index in [1.807, 2.05) is 17.6 Å². The molecule has 0 aromatic carbocycles. The molecular formula is C20H25N7O3. The highest BCUT2D eigenvalue weighted by molar-refractivity contribution is 5.86. The van der Waals surface area contributed by atoms with Crippen LogP contribution in [0.15, 0.2) is 10.7 Å². The van der Waals surface area contributed by atoms with Gasteiger partial charge in [0.1, 0.15) is 23.4 Å². The predicted octanol–water partition coefficient (Wildman–Crippen LogP) is 1.34. The minimum atomic E-state index is -1.17. The molecule has 0 bridgehead atoms. The number of nitrogens with two attached hydrogens (primary N) is 1. The third kappa shape index (κ3) is 4.08. The number of nitrogens with one attached hydrogen (secondary N) is 1. The van der Waals surface area contributed by atoms with Crippen LogP contribution in [0.25, 0.3) is 22.6 Å². The van der Waals surface area contributed by atoms with Crippen LogP contribution in [0.4, 0.5) is 5.82 Å². The number of aryl methyl sites for hydroxylation is 1. The van der Waals surface area contributed by atoms with Gasteiger partial charge < -0.3 is 25.5 Å². The first kappa shape index (κ1) is 20.1. The number of fused-ring (bicyclic) bond motifs is 1. The van der Waals surface area contributed by atoms with Crippen LogP contribution in [0.3, 0.4) is 0 Å². The van der Waals surface area contributed by atoms with Crippen LogP contribution in [0.1, 0.15) is 39.3 Å². The molecule has 0 radical (unpaired) electrons. The van der Waals surface area contributed by atoms with E-state index in [2.05, 4.69) is 37.4 Å². The van der Waals surface area contributed by atoms with Gasteiger partial charge in [-0.05, 0) is 56.4 Å². The van der Waals surface area contributed by atoms with E-state index in [1.165, 1.54) is 0 Å². The normalized spacial score (nSPS) is 16.6. The highest BCUT2D eigenvalue weighted by atomic mass is 16.6. The number of nitrogens with zero attached hydrogens (tertiary/aromatic N) is 5. The van der Waals surface area contributed by atoms with Crippen LogP contribution in [0.2, 0.25) is 0 Å². The molecule has 0 aliphatic carbocycles. The van der Waals surface area contributed by atoms with Gasteiger partial charge in [0.15, 0.2) is 17.3 Å². The van der Waals surface area contributed by atoms with Crippen molar-refractivity contribution in [1.82, 2.24) is 30.2 Å². The molecule has 1 fully saturated rings. The summed E-state index contributed by atoms with van der Waals surface area (Å²) in [4.78, 5) is 9.23. The van der Waals surface area contributed by atoms with Gasteiger partial charge in [0, 0.05) is 18.7 Å². The molecular weight excluding hydrogens is 386 g/mol. The quantitative estimate of drug-likeness (QED) is 0.531. The maximum atomic E-state index is 10.0. The first-order valence-corrected chi connectivity index (χ1v) is 9.97. The molecule has 1 aliphatic rings. The zero-order chi connectivity index (χ0) is 21.3. The van der Waals surface area contributed by atoms with Gasteiger partial charge in [-0.3, -0.25) is 0 Å². The van der Waals surface area contributed by atoms with Crippen LogP contribution in [-0.2, 0) is 6.54 Å². The number of rotatable bonds is 5. The molecule has 158 valence electrons. The Kier molecular flexibility index (Phi) is 5.32. The Bertz CT molecular complexity index is 1110. The summed E-state index contributed by atoms with van der Waals surface area (Å²) in [7, 11) is 0. The van der Waals surface area contributed by atoms with Crippen LogP contribution < -0.4 is 15.8 Å². The fourth-order valence-electron chi connectivity index (χ4n) is 3.41. The predicted molar refractivity (Wildman–Crippen MR) is 111 cm³/mol. The van der Waals surface area contributed by atoms with Crippen molar-refractivity contribution in [2.24, 2.45) is 0 Å². The number of aliphatic hydroxyl groups is 1. The van der Waals surface area contributed by atoms with Gasteiger partial charge in [-0.25, -0.2) is 14.6 Å². The van der Waals surface area contributed by atoms with Crippen molar-refractivity contribution in [2.45, 2.75) is 51.8 Å².